The molecule has 1 aliphatic rings. The minimum atomic E-state index is 0.0883. The van der Waals surface area contributed by atoms with E-state index in [2.05, 4.69) is 5.32 Å². The molecule has 0 bridgehead atoms. The highest BCUT2D eigenvalue weighted by Crippen LogP contribution is 2.42. The molecule has 3 N–H and O–H groups in total. The van der Waals surface area contributed by atoms with Gasteiger partial charge in [0.1, 0.15) is 0 Å². The van der Waals surface area contributed by atoms with Gasteiger partial charge >= 0.3 is 0 Å². The Morgan fingerprint density at radius 1 is 0.840 bits per heavy atom. The van der Waals surface area contributed by atoms with E-state index in [-0.39, 0.29) is 6.04 Å². The molecule has 0 aliphatic carbocycles. The number of benzene rings is 2. The Morgan fingerprint density at radius 2 is 1.40 bits per heavy atom. The van der Waals surface area contributed by atoms with Crippen LogP contribution in [0.25, 0.3) is 0 Å². The summed E-state index contributed by atoms with van der Waals surface area (Å²) >= 11 is 0. The van der Waals surface area contributed by atoms with Crippen LogP contribution in [0.15, 0.2) is 24.3 Å². The molecule has 0 saturated heterocycles. The van der Waals surface area contributed by atoms with Crippen LogP contribution in [0.1, 0.15) is 23.6 Å². The highest BCUT2D eigenvalue weighted by molar-refractivity contribution is 5.66. The third-order valence-electron chi connectivity index (χ3n) is 4.61. The Balaban J connectivity index is 1.95. The number of hydrogen-bond acceptors (Lipinski definition) is 6. The average molecular weight is 344 g/mol. The van der Waals surface area contributed by atoms with Crippen LogP contribution in [0, 0.1) is 0 Å². The molecule has 6 heteroatoms. The molecule has 1 atom stereocenters. The number of methoxy groups -OCH3 is 4. The summed E-state index contributed by atoms with van der Waals surface area (Å²) in [5.74, 6) is 2.75. The maximum Gasteiger partial charge on any atom is 0.162 e. The number of rotatable bonds is 5. The first-order chi connectivity index (χ1) is 12.1. The van der Waals surface area contributed by atoms with Crippen LogP contribution in [-0.2, 0) is 6.42 Å². The second-order valence-electron chi connectivity index (χ2n) is 5.94. The maximum atomic E-state index is 6.25. The Bertz CT molecular complexity index is 777. The topological polar surface area (TPSA) is 75.0 Å². The predicted molar refractivity (Wildman–Crippen MR) is 98.2 cm³/mol. The van der Waals surface area contributed by atoms with Crippen molar-refractivity contribution >= 4 is 11.4 Å². The minimum Gasteiger partial charge on any atom is -0.493 e. The van der Waals surface area contributed by atoms with Gasteiger partial charge in [0.05, 0.1) is 34.5 Å². The molecular formula is C19H24N2O4. The van der Waals surface area contributed by atoms with Gasteiger partial charge in [0.15, 0.2) is 23.0 Å². The van der Waals surface area contributed by atoms with Gasteiger partial charge in [0.25, 0.3) is 0 Å². The molecule has 3 rings (SSSR count). The summed E-state index contributed by atoms with van der Waals surface area (Å²) in [5.41, 5.74) is 10.2. The van der Waals surface area contributed by atoms with Gasteiger partial charge in [-0.1, -0.05) is 0 Å². The first-order valence-electron chi connectivity index (χ1n) is 8.14. The fraction of sp³-hybridized carbons (Fsp3) is 0.368. The molecule has 0 amide bonds. The van der Waals surface area contributed by atoms with Crippen molar-refractivity contribution in [2.45, 2.75) is 18.9 Å². The van der Waals surface area contributed by atoms with Crippen LogP contribution in [-0.4, -0.2) is 28.4 Å². The van der Waals surface area contributed by atoms with Crippen molar-refractivity contribution in [1.29, 1.82) is 0 Å². The molecule has 6 nitrogen and oxygen atoms in total. The third-order valence-corrected chi connectivity index (χ3v) is 4.61. The van der Waals surface area contributed by atoms with Crippen molar-refractivity contribution in [3.63, 3.8) is 0 Å². The second kappa shape index (κ2) is 7.01. The maximum absolute atomic E-state index is 6.25. The quantitative estimate of drug-likeness (QED) is 0.810. The van der Waals surface area contributed by atoms with Crippen molar-refractivity contribution in [3.8, 4) is 23.0 Å². The number of hydrogen-bond donors (Lipinski definition) is 2. The van der Waals surface area contributed by atoms with Crippen molar-refractivity contribution < 1.29 is 18.9 Å². The van der Waals surface area contributed by atoms with Crippen molar-refractivity contribution in [2.24, 2.45) is 0 Å². The number of ether oxygens (including phenoxy) is 4. The highest BCUT2D eigenvalue weighted by atomic mass is 16.5. The molecule has 1 unspecified atom stereocenters. The summed E-state index contributed by atoms with van der Waals surface area (Å²) in [6, 6.07) is 7.83. The zero-order chi connectivity index (χ0) is 18.0. The number of aryl methyl sites for hydroxylation is 1. The number of anilines is 2. The monoisotopic (exact) mass is 344 g/mol. The Morgan fingerprint density at radius 3 is 2.04 bits per heavy atom. The van der Waals surface area contributed by atoms with Crippen LogP contribution >= 0.6 is 0 Å². The molecule has 0 saturated carbocycles. The van der Waals surface area contributed by atoms with Gasteiger partial charge in [-0.3, -0.25) is 0 Å². The van der Waals surface area contributed by atoms with Gasteiger partial charge in [-0.25, -0.2) is 0 Å². The lowest BCUT2D eigenvalue weighted by Crippen LogP contribution is -2.19. The van der Waals surface area contributed by atoms with Crippen LogP contribution < -0.4 is 30.0 Å². The first kappa shape index (κ1) is 17.1. The third kappa shape index (κ3) is 3.12. The fourth-order valence-electron chi connectivity index (χ4n) is 3.27. The lowest BCUT2D eigenvalue weighted by atomic mass is 9.92. The van der Waals surface area contributed by atoms with Crippen LogP contribution in [0.5, 0.6) is 23.0 Å². The normalized spacial score (nSPS) is 15.8. The smallest absolute Gasteiger partial charge is 0.162 e. The summed E-state index contributed by atoms with van der Waals surface area (Å²) in [7, 11) is 6.51. The number of nitrogen functional groups attached to an aromatic ring is 1. The molecule has 1 heterocycles. The molecule has 0 fully saturated rings. The number of fused-ring (bicyclic) bond motifs is 1. The van der Waals surface area contributed by atoms with Crippen LogP contribution in [0.2, 0.25) is 0 Å². The molecule has 2 aromatic rings. The van der Waals surface area contributed by atoms with Gasteiger partial charge in [-0.2, -0.15) is 0 Å². The van der Waals surface area contributed by atoms with E-state index in [0.717, 1.165) is 29.8 Å². The van der Waals surface area contributed by atoms with Crippen LogP contribution in [0.4, 0.5) is 11.4 Å². The summed E-state index contributed by atoms with van der Waals surface area (Å²) in [6.45, 7) is 0. The minimum absolute atomic E-state index is 0.0883. The molecular weight excluding hydrogens is 320 g/mol. The van der Waals surface area contributed by atoms with E-state index in [4.69, 9.17) is 24.7 Å². The summed E-state index contributed by atoms with van der Waals surface area (Å²) in [4.78, 5) is 0. The molecule has 2 aromatic carbocycles. The Kier molecular flexibility index (Phi) is 4.79. The van der Waals surface area contributed by atoms with Crippen LogP contribution in [0.3, 0.4) is 0 Å². The van der Waals surface area contributed by atoms with E-state index in [0.29, 0.717) is 22.9 Å². The first-order valence-corrected chi connectivity index (χ1v) is 8.14. The summed E-state index contributed by atoms with van der Waals surface area (Å²) in [6.07, 6.45) is 1.84. The van der Waals surface area contributed by atoms with E-state index in [9.17, 15) is 0 Å². The molecule has 25 heavy (non-hydrogen) atoms. The van der Waals surface area contributed by atoms with Crippen molar-refractivity contribution in [2.75, 3.05) is 39.5 Å². The molecule has 0 radical (unpaired) electrons. The standard InChI is InChI=1S/C19H24N2O4/c1-22-16-7-11-5-6-14(21-15(11)10-19(16)25-4)12-8-17(23-2)18(24-3)9-13(12)20/h7-10,14,21H,5-6,20H2,1-4H3. The number of nitrogens with one attached hydrogen (secondary N) is 1. The van der Waals surface area contributed by atoms with Crippen molar-refractivity contribution in [3.05, 3.63) is 35.4 Å². The van der Waals surface area contributed by atoms with E-state index in [1.165, 1.54) is 5.56 Å². The van der Waals surface area contributed by atoms with Crippen molar-refractivity contribution in [1.82, 2.24) is 0 Å². The molecule has 1 aliphatic heterocycles. The molecule has 0 aromatic heterocycles. The second-order valence-corrected chi connectivity index (χ2v) is 5.94. The lowest BCUT2D eigenvalue weighted by Gasteiger charge is -2.29. The highest BCUT2D eigenvalue weighted by Gasteiger charge is 2.24. The van der Waals surface area contributed by atoms with Gasteiger partial charge in [0, 0.05) is 29.1 Å². The zero-order valence-corrected chi connectivity index (χ0v) is 15.0. The SMILES string of the molecule is COc1cc(N)c(C2CCc3cc(OC)c(OC)cc3N2)cc1OC. The summed E-state index contributed by atoms with van der Waals surface area (Å²) in [5, 5.41) is 3.56. The van der Waals surface area contributed by atoms with Gasteiger partial charge < -0.3 is 30.0 Å². The Hall–Kier alpha value is -2.76. The zero-order valence-electron chi connectivity index (χ0n) is 15.0. The molecule has 134 valence electrons. The molecule has 0 spiro atoms. The van der Waals surface area contributed by atoms with E-state index in [1.54, 1.807) is 34.5 Å². The summed E-state index contributed by atoms with van der Waals surface area (Å²) < 4.78 is 21.5. The van der Waals surface area contributed by atoms with E-state index < -0.39 is 0 Å². The number of nitrogens with two attached hydrogens (primary N) is 1. The van der Waals surface area contributed by atoms with Gasteiger partial charge in [-0.05, 0) is 30.5 Å². The fourth-order valence-corrected chi connectivity index (χ4v) is 3.27. The predicted octanol–water partition coefficient (Wildman–Crippen LogP) is 3.40. The van der Waals surface area contributed by atoms with E-state index in [1.807, 2.05) is 18.2 Å². The van der Waals surface area contributed by atoms with Gasteiger partial charge in [-0.15, -0.1) is 0 Å². The average Bonchev–Trinajstić information content (AvgIpc) is 2.65. The Labute approximate surface area is 147 Å². The largest absolute Gasteiger partial charge is 0.493 e. The van der Waals surface area contributed by atoms with Gasteiger partial charge in [0.2, 0.25) is 0 Å². The lowest BCUT2D eigenvalue weighted by molar-refractivity contribution is 0.354. The van der Waals surface area contributed by atoms with E-state index >= 15 is 0 Å².